The van der Waals surface area contributed by atoms with Crippen LogP contribution in [0.15, 0.2) is 42.5 Å². The van der Waals surface area contributed by atoms with E-state index in [0.717, 1.165) is 11.6 Å². The van der Waals surface area contributed by atoms with E-state index in [9.17, 15) is 9.18 Å². The summed E-state index contributed by atoms with van der Waals surface area (Å²) in [4.78, 5) is 14.2. The first-order chi connectivity index (χ1) is 13.1. The molecule has 1 fully saturated rings. The average Bonchev–Trinajstić information content (AvgIpc) is 2.67. The minimum atomic E-state index is -0.683. The smallest absolute Gasteiger partial charge is 0.256 e. The van der Waals surface area contributed by atoms with Gasteiger partial charge in [0.2, 0.25) is 0 Å². The molecular weight excluding hydrogens is 347 g/mol. The molecule has 2 aromatic rings. The lowest BCUT2D eigenvalue weighted by Gasteiger charge is -2.33. The van der Waals surface area contributed by atoms with Gasteiger partial charge in [0.15, 0.2) is 0 Å². The second kappa shape index (κ2) is 8.76. The molecule has 5 nitrogen and oxygen atoms in total. The predicted octanol–water partition coefficient (Wildman–Crippen LogP) is 3.06. The van der Waals surface area contributed by atoms with Crippen LogP contribution in [0.1, 0.15) is 27.0 Å². The molecule has 0 bridgehead atoms. The summed E-state index contributed by atoms with van der Waals surface area (Å²) in [6, 6.07) is 13.8. The van der Waals surface area contributed by atoms with Crippen LogP contribution >= 0.6 is 0 Å². The second-order valence-corrected chi connectivity index (χ2v) is 6.55. The van der Waals surface area contributed by atoms with Crippen molar-refractivity contribution in [2.45, 2.75) is 19.6 Å². The van der Waals surface area contributed by atoms with Crippen LogP contribution in [0.3, 0.4) is 0 Å². The second-order valence-electron chi connectivity index (χ2n) is 6.55. The summed E-state index contributed by atoms with van der Waals surface area (Å²) < 4.78 is 25.5. The molecule has 1 atom stereocenters. The molecule has 1 heterocycles. The number of aryl methyl sites for hydroxylation is 1. The highest BCUT2D eigenvalue weighted by Gasteiger charge is 2.26. The molecule has 1 aliphatic heterocycles. The Morgan fingerprint density at radius 2 is 2.22 bits per heavy atom. The lowest BCUT2D eigenvalue weighted by molar-refractivity contribution is -0.0648. The number of hydrogen-bond acceptors (Lipinski definition) is 4. The third-order valence-electron chi connectivity index (χ3n) is 4.41. The number of benzene rings is 2. The average molecular weight is 368 g/mol. The van der Waals surface area contributed by atoms with Crippen LogP contribution in [0.4, 0.5) is 4.39 Å². The van der Waals surface area contributed by atoms with Crippen LogP contribution in [-0.4, -0.2) is 43.2 Å². The summed E-state index contributed by atoms with van der Waals surface area (Å²) in [5.74, 6) is -1.08. The number of rotatable bonds is 5. The topological polar surface area (TPSA) is 62.6 Å². The minimum absolute atomic E-state index is 0.0321. The summed E-state index contributed by atoms with van der Waals surface area (Å²) in [5.41, 5.74) is 2.41. The summed E-state index contributed by atoms with van der Waals surface area (Å²) in [6.45, 7) is 3.97. The number of morpholine rings is 1. The van der Waals surface area contributed by atoms with Crippen molar-refractivity contribution < 1.29 is 18.7 Å². The lowest BCUT2D eigenvalue weighted by Crippen LogP contribution is -2.47. The first-order valence-electron chi connectivity index (χ1n) is 8.80. The van der Waals surface area contributed by atoms with E-state index >= 15 is 0 Å². The SMILES string of the molecule is Cc1cccc(COCC2CN(C(=O)c3ccc(C#N)cc3F)CCO2)c1. The summed E-state index contributed by atoms with van der Waals surface area (Å²) >= 11 is 0. The molecule has 0 radical (unpaired) electrons. The van der Waals surface area contributed by atoms with E-state index < -0.39 is 11.7 Å². The van der Waals surface area contributed by atoms with Gasteiger partial charge in [0.05, 0.1) is 43.1 Å². The van der Waals surface area contributed by atoms with E-state index in [-0.39, 0.29) is 17.2 Å². The van der Waals surface area contributed by atoms with Crippen molar-refractivity contribution in [1.82, 2.24) is 4.90 Å². The van der Waals surface area contributed by atoms with E-state index in [2.05, 4.69) is 6.07 Å². The molecule has 3 rings (SSSR count). The molecule has 27 heavy (non-hydrogen) atoms. The van der Waals surface area contributed by atoms with Gasteiger partial charge in [-0.05, 0) is 30.7 Å². The minimum Gasteiger partial charge on any atom is -0.374 e. The summed E-state index contributed by atoms with van der Waals surface area (Å²) in [6.07, 6.45) is -0.256. The van der Waals surface area contributed by atoms with Gasteiger partial charge in [-0.3, -0.25) is 4.79 Å². The molecular formula is C21H21FN2O3. The highest BCUT2D eigenvalue weighted by Crippen LogP contribution is 2.16. The zero-order valence-corrected chi connectivity index (χ0v) is 15.2. The van der Waals surface area contributed by atoms with Crippen molar-refractivity contribution >= 4 is 5.91 Å². The van der Waals surface area contributed by atoms with Crippen molar-refractivity contribution in [3.8, 4) is 6.07 Å². The Morgan fingerprint density at radius 1 is 1.37 bits per heavy atom. The predicted molar refractivity (Wildman–Crippen MR) is 97.6 cm³/mol. The number of carbonyl (C=O) groups excluding carboxylic acids is 1. The van der Waals surface area contributed by atoms with Crippen molar-refractivity contribution in [2.24, 2.45) is 0 Å². The molecule has 0 N–H and O–H groups in total. The molecule has 1 amide bonds. The zero-order valence-electron chi connectivity index (χ0n) is 15.2. The summed E-state index contributed by atoms with van der Waals surface area (Å²) in [5, 5.41) is 8.81. The highest BCUT2D eigenvalue weighted by molar-refractivity contribution is 5.94. The molecule has 6 heteroatoms. The van der Waals surface area contributed by atoms with Gasteiger partial charge >= 0.3 is 0 Å². The van der Waals surface area contributed by atoms with Crippen LogP contribution in [0.2, 0.25) is 0 Å². The standard InChI is InChI=1S/C21H21FN2O3/c1-15-3-2-4-17(9-15)13-26-14-18-12-24(7-8-27-18)21(25)19-6-5-16(11-23)10-20(19)22/h2-6,9-10,18H,7-8,12-14H2,1H3. The fourth-order valence-electron chi connectivity index (χ4n) is 3.04. The third kappa shape index (κ3) is 4.91. The molecule has 0 saturated carbocycles. The number of amides is 1. The Kier molecular flexibility index (Phi) is 6.17. The Labute approximate surface area is 157 Å². The van der Waals surface area contributed by atoms with Crippen LogP contribution in [-0.2, 0) is 16.1 Å². The maximum atomic E-state index is 14.1. The number of ether oxygens (including phenoxy) is 2. The molecule has 1 saturated heterocycles. The summed E-state index contributed by atoms with van der Waals surface area (Å²) in [7, 11) is 0. The Balaban J connectivity index is 1.56. The molecule has 0 aromatic heterocycles. The fourth-order valence-corrected chi connectivity index (χ4v) is 3.04. The Hall–Kier alpha value is -2.75. The van der Waals surface area contributed by atoms with Gasteiger partial charge in [-0.1, -0.05) is 29.8 Å². The van der Waals surface area contributed by atoms with E-state index in [0.29, 0.717) is 32.9 Å². The molecule has 1 aliphatic rings. The lowest BCUT2D eigenvalue weighted by atomic mass is 10.1. The van der Waals surface area contributed by atoms with E-state index in [4.69, 9.17) is 14.7 Å². The fraction of sp³-hybridized carbons (Fsp3) is 0.333. The number of nitrogens with zero attached hydrogens (tertiary/aromatic N) is 2. The monoisotopic (exact) mass is 368 g/mol. The first kappa shape index (κ1) is 19.0. The Morgan fingerprint density at radius 3 is 2.96 bits per heavy atom. The van der Waals surface area contributed by atoms with E-state index in [1.165, 1.54) is 17.7 Å². The highest BCUT2D eigenvalue weighted by atomic mass is 19.1. The van der Waals surface area contributed by atoms with Crippen molar-refractivity contribution in [3.05, 3.63) is 70.5 Å². The van der Waals surface area contributed by atoms with Gasteiger partial charge in [0.25, 0.3) is 5.91 Å². The Bertz CT molecular complexity index is 863. The van der Waals surface area contributed by atoms with Gasteiger partial charge < -0.3 is 14.4 Å². The largest absolute Gasteiger partial charge is 0.374 e. The maximum absolute atomic E-state index is 14.1. The van der Waals surface area contributed by atoms with Gasteiger partial charge in [-0.15, -0.1) is 0 Å². The zero-order chi connectivity index (χ0) is 19.2. The normalized spacial score (nSPS) is 16.8. The number of carbonyl (C=O) groups is 1. The van der Waals surface area contributed by atoms with Crippen LogP contribution in [0.5, 0.6) is 0 Å². The quantitative estimate of drug-likeness (QED) is 0.814. The van der Waals surface area contributed by atoms with E-state index in [1.807, 2.05) is 31.2 Å². The van der Waals surface area contributed by atoms with Gasteiger partial charge in [0.1, 0.15) is 5.82 Å². The van der Waals surface area contributed by atoms with Crippen LogP contribution in [0, 0.1) is 24.1 Å². The van der Waals surface area contributed by atoms with Crippen LogP contribution < -0.4 is 0 Å². The molecule has 2 aromatic carbocycles. The molecule has 140 valence electrons. The van der Waals surface area contributed by atoms with Gasteiger partial charge in [-0.2, -0.15) is 5.26 Å². The molecule has 1 unspecified atom stereocenters. The molecule has 0 spiro atoms. The van der Waals surface area contributed by atoms with Gasteiger partial charge in [-0.25, -0.2) is 4.39 Å². The number of hydrogen-bond donors (Lipinski definition) is 0. The van der Waals surface area contributed by atoms with Crippen molar-refractivity contribution in [3.63, 3.8) is 0 Å². The first-order valence-corrected chi connectivity index (χ1v) is 8.80. The maximum Gasteiger partial charge on any atom is 0.256 e. The number of nitriles is 1. The van der Waals surface area contributed by atoms with Crippen LogP contribution in [0.25, 0.3) is 0 Å². The van der Waals surface area contributed by atoms with Crippen molar-refractivity contribution in [2.75, 3.05) is 26.3 Å². The number of halogens is 1. The molecule has 0 aliphatic carbocycles. The van der Waals surface area contributed by atoms with Crippen molar-refractivity contribution in [1.29, 1.82) is 5.26 Å². The third-order valence-corrected chi connectivity index (χ3v) is 4.41. The van der Waals surface area contributed by atoms with E-state index in [1.54, 1.807) is 4.90 Å². The van der Waals surface area contributed by atoms with Gasteiger partial charge in [0, 0.05) is 13.1 Å².